The van der Waals surface area contributed by atoms with Crippen LogP contribution in [0.5, 0.6) is 0 Å². The van der Waals surface area contributed by atoms with E-state index in [0.717, 1.165) is 4.47 Å². The Kier molecular flexibility index (Phi) is 4.97. The van der Waals surface area contributed by atoms with E-state index in [1.807, 2.05) is 0 Å². The average molecular weight is 434 g/mol. The molecule has 21 heavy (non-hydrogen) atoms. The quantitative estimate of drug-likeness (QED) is 0.544. The number of carbonyl (C=O) groups is 1. The molecule has 8 heteroatoms. The summed E-state index contributed by atoms with van der Waals surface area (Å²) < 4.78 is 1.40. The predicted molar refractivity (Wildman–Crippen MR) is 87.9 cm³/mol. The van der Waals surface area contributed by atoms with Crippen LogP contribution < -0.4 is 5.32 Å². The number of nitrogens with zero attached hydrogens (tertiary/aromatic N) is 1. The molecule has 0 spiro atoms. The van der Waals surface area contributed by atoms with Crippen LogP contribution in [0.2, 0.25) is 5.02 Å². The van der Waals surface area contributed by atoms with Crippen molar-refractivity contribution >= 4 is 60.7 Å². The number of halogens is 3. The Morgan fingerprint density at radius 1 is 1.19 bits per heavy atom. The molecule has 0 aliphatic heterocycles. The summed E-state index contributed by atoms with van der Waals surface area (Å²) in [6.45, 7) is 0. The lowest BCUT2D eigenvalue weighted by Crippen LogP contribution is -2.12. The molecule has 0 fully saturated rings. The summed E-state index contributed by atoms with van der Waals surface area (Å²) in [7, 11) is 0. The maximum atomic E-state index is 12.2. The van der Waals surface area contributed by atoms with Gasteiger partial charge >= 0.3 is 0 Å². The topological polar surface area (TPSA) is 72.2 Å². The molecule has 2 rings (SSSR count). The van der Waals surface area contributed by atoms with Gasteiger partial charge in [-0.25, -0.2) is 0 Å². The van der Waals surface area contributed by atoms with E-state index in [4.69, 9.17) is 11.6 Å². The predicted octanol–water partition coefficient (Wildman–Crippen LogP) is 5.03. The molecule has 0 unspecified atom stereocenters. The fourth-order valence-corrected chi connectivity index (χ4v) is 2.64. The Morgan fingerprint density at radius 3 is 2.52 bits per heavy atom. The van der Waals surface area contributed by atoms with E-state index in [2.05, 4.69) is 37.2 Å². The van der Waals surface area contributed by atoms with Crippen LogP contribution >= 0.6 is 43.5 Å². The summed E-state index contributed by atoms with van der Waals surface area (Å²) in [6.07, 6.45) is 0. The lowest BCUT2D eigenvalue weighted by molar-refractivity contribution is -0.384. The molecule has 2 aromatic carbocycles. The fourth-order valence-electron chi connectivity index (χ4n) is 1.60. The first kappa shape index (κ1) is 15.9. The van der Waals surface area contributed by atoms with Gasteiger partial charge in [-0.15, -0.1) is 0 Å². The van der Waals surface area contributed by atoms with Gasteiger partial charge in [-0.3, -0.25) is 14.9 Å². The molecule has 0 bridgehead atoms. The number of nitrogens with one attached hydrogen (secondary N) is 1. The number of benzene rings is 2. The molecule has 0 aliphatic carbocycles. The van der Waals surface area contributed by atoms with E-state index >= 15 is 0 Å². The number of anilines is 1. The van der Waals surface area contributed by atoms with Gasteiger partial charge in [-0.05, 0) is 46.3 Å². The smallest absolute Gasteiger partial charge is 0.288 e. The summed E-state index contributed by atoms with van der Waals surface area (Å²) >= 11 is 12.4. The van der Waals surface area contributed by atoms with Gasteiger partial charge < -0.3 is 5.32 Å². The van der Waals surface area contributed by atoms with Gasteiger partial charge in [0.1, 0.15) is 5.02 Å². The zero-order valence-electron chi connectivity index (χ0n) is 10.3. The minimum atomic E-state index is -0.584. The Morgan fingerprint density at radius 2 is 1.90 bits per heavy atom. The second-order valence-electron chi connectivity index (χ2n) is 4.00. The summed E-state index contributed by atoms with van der Waals surface area (Å²) in [5, 5.41) is 13.3. The van der Waals surface area contributed by atoms with Crippen molar-refractivity contribution in [2.45, 2.75) is 0 Å². The monoisotopic (exact) mass is 432 g/mol. The minimum Gasteiger partial charge on any atom is -0.322 e. The Balaban J connectivity index is 2.26. The van der Waals surface area contributed by atoms with Crippen molar-refractivity contribution in [3.05, 3.63) is 66.0 Å². The molecule has 0 aliphatic rings. The van der Waals surface area contributed by atoms with Crippen molar-refractivity contribution in [3.63, 3.8) is 0 Å². The molecule has 5 nitrogen and oxygen atoms in total. The summed E-state index contributed by atoms with van der Waals surface area (Å²) in [5.41, 5.74) is 0.597. The number of rotatable bonds is 3. The fraction of sp³-hybridized carbons (Fsp3) is 0. The highest BCUT2D eigenvalue weighted by Crippen LogP contribution is 2.28. The van der Waals surface area contributed by atoms with Gasteiger partial charge in [0, 0.05) is 20.7 Å². The standard InChI is InChI=1S/C13H7Br2ClN2O3/c14-7-1-3-10(15)9(5-7)13(19)17-8-2-4-12(18(20)21)11(16)6-8/h1-6H,(H,17,19). The number of hydrogen-bond acceptors (Lipinski definition) is 3. The van der Waals surface area contributed by atoms with E-state index in [0.29, 0.717) is 15.7 Å². The number of nitro groups is 1. The van der Waals surface area contributed by atoms with Crippen molar-refractivity contribution in [1.82, 2.24) is 0 Å². The van der Waals surface area contributed by atoms with Crippen LogP contribution in [0.1, 0.15) is 10.4 Å². The normalized spacial score (nSPS) is 10.2. The van der Waals surface area contributed by atoms with Crippen LogP contribution in [0.25, 0.3) is 0 Å². The van der Waals surface area contributed by atoms with Crippen LogP contribution in [0.3, 0.4) is 0 Å². The third-order valence-electron chi connectivity index (χ3n) is 2.58. The largest absolute Gasteiger partial charge is 0.322 e. The Hall–Kier alpha value is -1.44. The van der Waals surface area contributed by atoms with Crippen LogP contribution in [-0.2, 0) is 0 Å². The lowest BCUT2D eigenvalue weighted by Gasteiger charge is -2.08. The first-order valence-electron chi connectivity index (χ1n) is 5.59. The Bertz CT molecular complexity index is 737. The van der Waals surface area contributed by atoms with Gasteiger partial charge in [-0.1, -0.05) is 27.5 Å². The summed E-state index contributed by atoms with van der Waals surface area (Å²) in [4.78, 5) is 22.3. The second kappa shape index (κ2) is 6.55. The average Bonchev–Trinajstić information content (AvgIpc) is 2.41. The third-order valence-corrected chi connectivity index (χ3v) is 4.06. The van der Waals surface area contributed by atoms with Crippen LogP contribution in [0.15, 0.2) is 45.3 Å². The highest BCUT2D eigenvalue weighted by atomic mass is 79.9. The van der Waals surface area contributed by atoms with Crippen LogP contribution in [-0.4, -0.2) is 10.8 Å². The van der Waals surface area contributed by atoms with Crippen LogP contribution in [0, 0.1) is 10.1 Å². The van der Waals surface area contributed by atoms with E-state index in [-0.39, 0.29) is 16.6 Å². The first-order valence-corrected chi connectivity index (χ1v) is 7.55. The van der Waals surface area contributed by atoms with Crippen molar-refractivity contribution in [3.8, 4) is 0 Å². The molecule has 0 radical (unpaired) electrons. The van der Waals surface area contributed by atoms with E-state index in [1.54, 1.807) is 18.2 Å². The van der Waals surface area contributed by atoms with E-state index in [9.17, 15) is 14.9 Å². The molecule has 0 aromatic heterocycles. The summed E-state index contributed by atoms with van der Waals surface area (Å²) in [6, 6.07) is 9.20. The molecule has 2 aromatic rings. The third kappa shape index (κ3) is 3.81. The highest BCUT2D eigenvalue weighted by molar-refractivity contribution is 9.11. The highest BCUT2D eigenvalue weighted by Gasteiger charge is 2.15. The number of hydrogen-bond donors (Lipinski definition) is 1. The maximum Gasteiger partial charge on any atom is 0.288 e. The SMILES string of the molecule is O=C(Nc1ccc([N+](=O)[O-])c(Cl)c1)c1cc(Br)ccc1Br. The van der Waals surface area contributed by atoms with Gasteiger partial charge in [0.25, 0.3) is 11.6 Å². The lowest BCUT2D eigenvalue weighted by atomic mass is 10.2. The summed E-state index contributed by atoms with van der Waals surface area (Å²) in [5.74, 6) is -0.354. The zero-order chi connectivity index (χ0) is 15.6. The van der Waals surface area contributed by atoms with Crippen molar-refractivity contribution in [2.24, 2.45) is 0 Å². The number of nitro benzene ring substituents is 1. The maximum absolute atomic E-state index is 12.2. The first-order chi connectivity index (χ1) is 9.88. The minimum absolute atomic E-state index is 0.0360. The van der Waals surface area contributed by atoms with Gasteiger partial charge in [-0.2, -0.15) is 0 Å². The van der Waals surface area contributed by atoms with E-state index in [1.165, 1.54) is 18.2 Å². The van der Waals surface area contributed by atoms with Crippen molar-refractivity contribution in [2.75, 3.05) is 5.32 Å². The molecule has 1 amide bonds. The number of amides is 1. The molecule has 0 atom stereocenters. The second-order valence-corrected chi connectivity index (χ2v) is 6.18. The van der Waals surface area contributed by atoms with E-state index < -0.39 is 4.92 Å². The van der Waals surface area contributed by atoms with Gasteiger partial charge in [0.15, 0.2) is 0 Å². The van der Waals surface area contributed by atoms with Crippen molar-refractivity contribution < 1.29 is 9.72 Å². The molecule has 0 saturated carbocycles. The molecule has 1 N–H and O–H groups in total. The van der Waals surface area contributed by atoms with Crippen LogP contribution in [0.4, 0.5) is 11.4 Å². The molecular weight excluding hydrogens is 427 g/mol. The zero-order valence-corrected chi connectivity index (χ0v) is 14.2. The molecular formula is C13H7Br2ClN2O3. The molecule has 0 heterocycles. The molecule has 0 saturated heterocycles. The van der Waals surface area contributed by atoms with Gasteiger partial charge in [0.2, 0.25) is 0 Å². The van der Waals surface area contributed by atoms with Gasteiger partial charge in [0.05, 0.1) is 10.5 Å². The Labute approximate surface area is 141 Å². The van der Waals surface area contributed by atoms with Crippen molar-refractivity contribution in [1.29, 1.82) is 0 Å². The number of carbonyl (C=O) groups excluding carboxylic acids is 1. The molecule has 108 valence electrons.